The van der Waals surface area contributed by atoms with E-state index in [0.29, 0.717) is 6.42 Å². The van der Waals surface area contributed by atoms with Crippen LogP contribution in [-0.4, -0.2) is 17.4 Å². The minimum Gasteiger partial charge on any atom is -0.481 e. The van der Waals surface area contributed by atoms with Crippen LogP contribution in [-0.2, 0) is 16.0 Å². The van der Waals surface area contributed by atoms with Gasteiger partial charge in [0.2, 0.25) is 0 Å². The quantitative estimate of drug-likeness (QED) is 0.723. The molecule has 0 radical (unpaired) electrons. The highest BCUT2D eigenvalue weighted by atomic mass is 16.4. The third kappa shape index (κ3) is 4.40. The highest BCUT2D eigenvalue weighted by Crippen LogP contribution is 2.11. The lowest BCUT2D eigenvalue weighted by molar-refractivity contribution is -0.139. The molecule has 15 heavy (non-hydrogen) atoms. The van der Waals surface area contributed by atoms with Crippen molar-refractivity contribution in [1.82, 2.24) is 0 Å². The molecule has 0 aliphatic heterocycles. The number of rotatable bonds is 6. The van der Waals surface area contributed by atoms with Crippen LogP contribution in [0.2, 0.25) is 0 Å². The number of carbonyl (C=O) groups excluding carboxylic acids is 1. The fourth-order valence-electron chi connectivity index (χ4n) is 1.44. The summed E-state index contributed by atoms with van der Waals surface area (Å²) in [4.78, 5) is 21.0. The van der Waals surface area contributed by atoms with E-state index in [1.54, 1.807) is 0 Å². The second-order valence-electron chi connectivity index (χ2n) is 3.52. The normalized spacial score (nSPS) is 12.0. The van der Waals surface area contributed by atoms with Crippen LogP contribution in [0, 0.1) is 5.92 Å². The lowest BCUT2D eigenvalue weighted by Crippen LogP contribution is -2.10. The van der Waals surface area contributed by atoms with Crippen molar-refractivity contribution < 1.29 is 14.7 Å². The summed E-state index contributed by atoms with van der Waals surface area (Å²) in [5.41, 5.74) is 1.13. The van der Waals surface area contributed by atoms with Crippen LogP contribution in [0.5, 0.6) is 0 Å². The minimum absolute atomic E-state index is 0.0731. The molecule has 1 rings (SSSR count). The number of carboxylic acid groups (broad SMARTS) is 1. The number of hydrogen-bond acceptors (Lipinski definition) is 2. The standard InChI is InChI=1S/C12H14O3/c13-9-11(8-12(14)15)7-6-10-4-2-1-3-5-10/h1-5,9,11H,6-8H2,(H,14,15). The van der Waals surface area contributed by atoms with Gasteiger partial charge in [-0.3, -0.25) is 4.79 Å². The van der Waals surface area contributed by atoms with Crippen LogP contribution >= 0.6 is 0 Å². The first-order chi connectivity index (χ1) is 7.22. The van der Waals surface area contributed by atoms with E-state index in [4.69, 9.17) is 5.11 Å². The number of aliphatic carboxylic acids is 1. The van der Waals surface area contributed by atoms with Crippen molar-refractivity contribution in [1.29, 1.82) is 0 Å². The Morgan fingerprint density at radius 2 is 2.00 bits per heavy atom. The predicted octanol–water partition coefficient (Wildman–Crippen LogP) is 1.91. The van der Waals surface area contributed by atoms with E-state index < -0.39 is 5.97 Å². The van der Waals surface area contributed by atoms with Gasteiger partial charge in [0.25, 0.3) is 0 Å². The minimum atomic E-state index is -0.917. The van der Waals surface area contributed by atoms with E-state index in [2.05, 4.69) is 0 Å². The van der Waals surface area contributed by atoms with Crippen molar-refractivity contribution >= 4 is 12.3 Å². The molecule has 3 nitrogen and oxygen atoms in total. The molecule has 80 valence electrons. The van der Waals surface area contributed by atoms with Gasteiger partial charge >= 0.3 is 5.97 Å². The summed E-state index contributed by atoms with van der Waals surface area (Å²) in [5.74, 6) is -1.29. The summed E-state index contributed by atoms with van der Waals surface area (Å²) in [5, 5.41) is 8.55. The average molecular weight is 206 g/mol. The second-order valence-corrected chi connectivity index (χ2v) is 3.52. The summed E-state index contributed by atoms with van der Waals surface area (Å²) < 4.78 is 0. The van der Waals surface area contributed by atoms with Gasteiger partial charge < -0.3 is 9.90 Å². The molecule has 0 fully saturated rings. The number of aryl methyl sites for hydroxylation is 1. The van der Waals surface area contributed by atoms with Crippen LogP contribution in [0.1, 0.15) is 18.4 Å². The fraction of sp³-hybridized carbons (Fsp3) is 0.333. The predicted molar refractivity (Wildman–Crippen MR) is 56.6 cm³/mol. The molecule has 0 aliphatic carbocycles. The maximum Gasteiger partial charge on any atom is 0.304 e. The van der Waals surface area contributed by atoms with E-state index in [1.165, 1.54) is 0 Å². The van der Waals surface area contributed by atoms with Crippen LogP contribution in [0.3, 0.4) is 0 Å². The third-order valence-electron chi connectivity index (χ3n) is 2.28. The molecule has 1 unspecified atom stereocenters. The lowest BCUT2D eigenvalue weighted by atomic mass is 9.98. The van der Waals surface area contributed by atoms with Crippen molar-refractivity contribution in [2.75, 3.05) is 0 Å². The van der Waals surface area contributed by atoms with Crippen molar-refractivity contribution in [3.63, 3.8) is 0 Å². The highest BCUT2D eigenvalue weighted by Gasteiger charge is 2.11. The Morgan fingerprint density at radius 3 is 2.53 bits per heavy atom. The largest absolute Gasteiger partial charge is 0.481 e. The molecule has 1 atom stereocenters. The Bertz CT molecular complexity index is 319. The first-order valence-corrected chi connectivity index (χ1v) is 4.93. The zero-order valence-electron chi connectivity index (χ0n) is 8.43. The number of hydrogen-bond donors (Lipinski definition) is 1. The van der Waals surface area contributed by atoms with Crippen LogP contribution < -0.4 is 0 Å². The summed E-state index contributed by atoms with van der Waals surface area (Å²) in [6.07, 6.45) is 2.00. The molecule has 1 aromatic rings. The molecule has 0 saturated heterocycles. The average Bonchev–Trinajstić information content (AvgIpc) is 2.25. The van der Waals surface area contributed by atoms with Gasteiger partial charge in [-0.2, -0.15) is 0 Å². The molecule has 1 aromatic carbocycles. The maximum absolute atomic E-state index is 10.6. The Morgan fingerprint density at radius 1 is 1.33 bits per heavy atom. The van der Waals surface area contributed by atoms with Gasteiger partial charge in [0.05, 0.1) is 6.42 Å². The summed E-state index contributed by atoms with van der Waals surface area (Å²) in [6, 6.07) is 9.74. The molecule has 3 heteroatoms. The van der Waals surface area contributed by atoms with Gasteiger partial charge in [0.1, 0.15) is 6.29 Å². The van der Waals surface area contributed by atoms with Gasteiger partial charge in [0.15, 0.2) is 0 Å². The van der Waals surface area contributed by atoms with Crippen LogP contribution in [0.15, 0.2) is 30.3 Å². The van der Waals surface area contributed by atoms with E-state index in [-0.39, 0.29) is 12.3 Å². The molecule has 0 bridgehead atoms. The topological polar surface area (TPSA) is 54.4 Å². The fourth-order valence-corrected chi connectivity index (χ4v) is 1.44. The van der Waals surface area contributed by atoms with Gasteiger partial charge in [0, 0.05) is 5.92 Å². The molecule has 1 N–H and O–H groups in total. The van der Waals surface area contributed by atoms with E-state index in [1.807, 2.05) is 30.3 Å². The van der Waals surface area contributed by atoms with Crippen molar-refractivity contribution in [2.45, 2.75) is 19.3 Å². The van der Waals surface area contributed by atoms with Gasteiger partial charge in [-0.1, -0.05) is 30.3 Å². The molecule has 0 aliphatic rings. The van der Waals surface area contributed by atoms with Crippen LogP contribution in [0.25, 0.3) is 0 Å². The van der Waals surface area contributed by atoms with Crippen molar-refractivity contribution in [3.05, 3.63) is 35.9 Å². The molecule has 0 saturated carbocycles. The Labute approximate surface area is 88.7 Å². The van der Waals surface area contributed by atoms with Crippen molar-refractivity contribution in [2.24, 2.45) is 5.92 Å². The molecule has 0 spiro atoms. The Kier molecular flexibility index (Phi) is 4.54. The van der Waals surface area contributed by atoms with Gasteiger partial charge in [-0.05, 0) is 18.4 Å². The maximum atomic E-state index is 10.6. The van der Waals surface area contributed by atoms with E-state index >= 15 is 0 Å². The zero-order valence-corrected chi connectivity index (χ0v) is 8.43. The second kappa shape index (κ2) is 5.96. The lowest BCUT2D eigenvalue weighted by Gasteiger charge is -2.06. The molecule has 0 aromatic heterocycles. The number of aldehydes is 1. The van der Waals surface area contributed by atoms with E-state index in [9.17, 15) is 9.59 Å². The number of benzene rings is 1. The van der Waals surface area contributed by atoms with Gasteiger partial charge in [-0.25, -0.2) is 0 Å². The first-order valence-electron chi connectivity index (χ1n) is 4.93. The smallest absolute Gasteiger partial charge is 0.304 e. The Hall–Kier alpha value is -1.64. The Balaban J connectivity index is 2.41. The molecular formula is C12H14O3. The monoisotopic (exact) mass is 206 g/mol. The third-order valence-corrected chi connectivity index (χ3v) is 2.28. The number of carboxylic acids is 1. The molecule has 0 amide bonds. The van der Waals surface area contributed by atoms with Crippen LogP contribution in [0.4, 0.5) is 0 Å². The van der Waals surface area contributed by atoms with Gasteiger partial charge in [-0.15, -0.1) is 0 Å². The summed E-state index contributed by atoms with van der Waals surface area (Å²) in [7, 11) is 0. The molecule has 0 heterocycles. The van der Waals surface area contributed by atoms with E-state index in [0.717, 1.165) is 18.3 Å². The first kappa shape index (κ1) is 11.4. The van der Waals surface area contributed by atoms with Crippen molar-refractivity contribution in [3.8, 4) is 0 Å². The summed E-state index contributed by atoms with van der Waals surface area (Å²) >= 11 is 0. The number of carbonyl (C=O) groups is 2. The SMILES string of the molecule is O=CC(CCc1ccccc1)CC(=O)O. The summed E-state index contributed by atoms with van der Waals surface area (Å²) in [6.45, 7) is 0. The zero-order chi connectivity index (χ0) is 11.1. The highest BCUT2D eigenvalue weighted by molar-refractivity contribution is 5.71. The molecular weight excluding hydrogens is 192 g/mol.